The fourth-order valence-corrected chi connectivity index (χ4v) is 8.34. The fraction of sp³-hybridized carbons (Fsp3) is 0.231. The van der Waals surface area contributed by atoms with E-state index in [4.69, 9.17) is 0 Å². The van der Waals surface area contributed by atoms with Gasteiger partial charge in [0.2, 0.25) is 0 Å². The van der Waals surface area contributed by atoms with Crippen LogP contribution < -0.4 is 10.4 Å². The second-order valence-electron chi connectivity index (χ2n) is 7.08. The number of hydrogen-bond donors (Lipinski definition) is 0. The van der Waals surface area contributed by atoms with Crippen LogP contribution in [0.1, 0.15) is 31.7 Å². The van der Waals surface area contributed by atoms with Crippen molar-refractivity contribution in [1.29, 1.82) is 0 Å². The third-order valence-corrected chi connectivity index (χ3v) is 11.2. The summed E-state index contributed by atoms with van der Waals surface area (Å²) in [5, 5.41) is 5.33. The van der Waals surface area contributed by atoms with E-state index in [9.17, 15) is 0 Å². The van der Waals surface area contributed by atoms with Gasteiger partial charge in [-0.05, 0) is 0 Å². The molecule has 0 aliphatic heterocycles. The molecular formula is C26H28Tl. The first-order valence-corrected chi connectivity index (χ1v) is 17.0. The molecule has 3 aromatic rings. The first-order valence-electron chi connectivity index (χ1n) is 9.97. The van der Waals surface area contributed by atoms with Gasteiger partial charge in [-0.25, -0.2) is 0 Å². The van der Waals surface area contributed by atoms with Gasteiger partial charge in [0.1, 0.15) is 0 Å². The van der Waals surface area contributed by atoms with Crippen LogP contribution in [0.3, 0.4) is 0 Å². The molecule has 0 fully saturated rings. The second kappa shape index (κ2) is 10.0. The van der Waals surface area contributed by atoms with Gasteiger partial charge in [-0.2, -0.15) is 0 Å². The van der Waals surface area contributed by atoms with Gasteiger partial charge in [0.25, 0.3) is 0 Å². The molecule has 1 atom stereocenters. The average molecular weight is 545 g/mol. The molecule has 3 aromatic carbocycles. The minimum atomic E-state index is -0.702. The summed E-state index contributed by atoms with van der Waals surface area (Å²) in [7, 11) is 0. The number of benzene rings is 3. The van der Waals surface area contributed by atoms with Crippen molar-refractivity contribution in [3.8, 4) is 0 Å². The van der Waals surface area contributed by atoms with E-state index >= 15 is 0 Å². The molecule has 0 saturated carbocycles. The van der Waals surface area contributed by atoms with Crippen LogP contribution >= 0.6 is 0 Å². The molecule has 0 aromatic heterocycles. The maximum atomic E-state index is 3.93. The van der Waals surface area contributed by atoms with Crippen LogP contribution in [-0.4, -0.2) is 24.2 Å². The molecule has 0 spiro atoms. The van der Waals surface area contributed by atoms with E-state index in [0.29, 0.717) is 0 Å². The Morgan fingerprint density at radius 2 is 1.74 bits per heavy atom. The van der Waals surface area contributed by atoms with Crippen LogP contribution in [0, 0.1) is 0 Å². The van der Waals surface area contributed by atoms with Crippen molar-refractivity contribution in [2.24, 2.45) is 0 Å². The van der Waals surface area contributed by atoms with Crippen molar-refractivity contribution in [1.82, 2.24) is 0 Å². The number of rotatable bonds is 7. The Morgan fingerprint density at radius 3 is 2.52 bits per heavy atom. The molecule has 0 saturated heterocycles. The van der Waals surface area contributed by atoms with Crippen LogP contribution in [0.15, 0.2) is 79.4 Å². The van der Waals surface area contributed by atoms with Gasteiger partial charge >= 0.3 is 176 Å². The number of allylic oxidation sites excluding steroid dienone is 1. The van der Waals surface area contributed by atoms with E-state index in [1.54, 1.807) is 0 Å². The van der Waals surface area contributed by atoms with E-state index in [2.05, 4.69) is 90.8 Å². The molecule has 0 N–H and O–H groups in total. The zero-order valence-corrected chi connectivity index (χ0v) is 21.0. The van der Waals surface area contributed by atoms with Gasteiger partial charge in [-0.15, -0.1) is 0 Å². The summed E-state index contributed by atoms with van der Waals surface area (Å²) < 4.78 is 3.45. The van der Waals surface area contributed by atoms with Crippen LogP contribution in [0.5, 0.6) is 0 Å². The van der Waals surface area contributed by atoms with Crippen molar-refractivity contribution in [2.45, 2.75) is 34.1 Å². The topological polar surface area (TPSA) is 0 Å². The zero-order valence-electron chi connectivity index (χ0n) is 16.5. The van der Waals surface area contributed by atoms with Crippen LogP contribution in [-0.2, 0) is 0 Å². The monoisotopic (exact) mass is 545 g/mol. The van der Waals surface area contributed by atoms with Crippen molar-refractivity contribution in [3.05, 3.63) is 95.4 Å². The van der Waals surface area contributed by atoms with Crippen molar-refractivity contribution in [3.63, 3.8) is 0 Å². The SMILES string of the molecule is C=C/C=c1/cccc/c1=C(/C[CH](CCC)[Tl][CH3])c1cccc2ccccc12. The molecule has 0 aliphatic rings. The Balaban J connectivity index is 2.34. The summed E-state index contributed by atoms with van der Waals surface area (Å²) >= 11 is -0.702. The predicted octanol–water partition coefficient (Wildman–Crippen LogP) is 5.74. The van der Waals surface area contributed by atoms with Crippen molar-refractivity contribution >= 4 is 46.7 Å². The zero-order chi connectivity index (χ0) is 19.1. The molecule has 0 nitrogen and oxygen atoms in total. The third-order valence-electron chi connectivity index (χ3n) is 5.30. The van der Waals surface area contributed by atoms with E-state index in [0.717, 1.165) is 3.48 Å². The molecular weight excluding hydrogens is 517 g/mol. The van der Waals surface area contributed by atoms with Crippen molar-refractivity contribution < 1.29 is 0 Å². The Labute approximate surface area is 175 Å². The molecule has 3 rings (SSSR count). The van der Waals surface area contributed by atoms with Crippen molar-refractivity contribution in [2.75, 3.05) is 0 Å². The normalized spacial score (nSPS) is 13.9. The van der Waals surface area contributed by atoms with E-state index in [-0.39, 0.29) is 0 Å². The molecule has 0 radical (unpaired) electrons. The molecule has 0 bridgehead atoms. The maximum absolute atomic E-state index is 3.93. The summed E-state index contributed by atoms with van der Waals surface area (Å²) in [5.41, 5.74) is 2.91. The van der Waals surface area contributed by atoms with Gasteiger partial charge < -0.3 is 0 Å². The van der Waals surface area contributed by atoms with Gasteiger partial charge in [0.15, 0.2) is 0 Å². The van der Waals surface area contributed by atoms with E-state index < -0.39 is 24.2 Å². The Morgan fingerprint density at radius 1 is 1.00 bits per heavy atom. The van der Waals surface area contributed by atoms with Gasteiger partial charge in [0, 0.05) is 0 Å². The summed E-state index contributed by atoms with van der Waals surface area (Å²) in [5.74, 6) is 0. The van der Waals surface area contributed by atoms with Gasteiger partial charge in [-0.1, -0.05) is 0 Å². The summed E-state index contributed by atoms with van der Waals surface area (Å²) in [6, 6.07) is 24.3. The number of fused-ring (bicyclic) bond motifs is 1. The molecule has 0 heterocycles. The molecule has 27 heavy (non-hydrogen) atoms. The quantitative estimate of drug-likeness (QED) is 0.333. The summed E-state index contributed by atoms with van der Waals surface area (Å²) in [6.07, 6.45) is 7.91. The Kier molecular flexibility index (Phi) is 7.45. The Bertz CT molecular complexity index is 1020. The minimum absolute atomic E-state index is 0.702. The van der Waals surface area contributed by atoms with Crippen LogP contribution in [0.25, 0.3) is 22.4 Å². The third kappa shape index (κ3) is 4.79. The average Bonchev–Trinajstić information content (AvgIpc) is 2.72. The summed E-state index contributed by atoms with van der Waals surface area (Å²) in [6.45, 7) is 6.26. The first-order chi connectivity index (χ1) is 13.3. The Hall–Kier alpha value is -1.68. The van der Waals surface area contributed by atoms with Crippen LogP contribution in [0.2, 0.25) is 7.96 Å². The van der Waals surface area contributed by atoms with E-state index in [1.165, 1.54) is 51.6 Å². The fourth-order valence-electron chi connectivity index (χ4n) is 3.92. The molecule has 0 amide bonds. The van der Waals surface area contributed by atoms with Gasteiger partial charge in [-0.3, -0.25) is 0 Å². The second-order valence-corrected chi connectivity index (χ2v) is 13.3. The standard InChI is InChI=1S/C25H25.CH3.Tl/c1-3-5-6-18-24(22-16-9-7-13-20(22)12-4-2)25-19-11-15-21-14-8-10-17-23(21)25;;/h4,6-17,19H,2-3,5,18H2,1H3;1H3;/b20-12-,24-22+;;. The number of hydrogen-bond acceptors (Lipinski definition) is 0. The van der Waals surface area contributed by atoms with Crippen LogP contribution in [0.4, 0.5) is 0 Å². The molecule has 1 heteroatoms. The molecule has 135 valence electrons. The molecule has 0 aliphatic carbocycles. The van der Waals surface area contributed by atoms with E-state index in [1.807, 2.05) is 6.08 Å². The summed E-state index contributed by atoms with van der Waals surface area (Å²) in [4.78, 5) is 0. The predicted molar refractivity (Wildman–Crippen MR) is 122 cm³/mol. The molecule has 1 unspecified atom stereocenters. The first kappa shape index (κ1) is 20.1. The van der Waals surface area contributed by atoms with Gasteiger partial charge in [0.05, 0.1) is 0 Å².